The minimum absolute atomic E-state index is 0.00517. The van der Waals surface area contributed by atoms with Crippen molar-refractivity contribution in [3.63, 3.8) is 0 Å². The fourth-order valence-corrected chi connectivity index (χ4v) is 2.36. The van der Waals surface area contributed by atoms with E-state index in [2.05, 4.69) is 37.1 Å². The second kappa shape index (κ2) is 9.18. The van der Waals surface area contributed by atoms with Gasteiger partial charge in [-0.1, -0.05) is 32.4 Å². The van der Waals surface area contributed by atoms with Gasteiger partial charge >= 0.3 is 0 Å². The molecule has 0 aromatic heterocycles. The molecule has 1 unspecified atom stereocenters. The monoisotopic (exact) mass is 323 g/mol. The second-order valence-corrected chi connectivity index (χ2v) is 6.32. The van der Waals surface area contributed by atoms with Crippen molar-refractivity contribution in [1.82, 2.24) is 5.32 Å². The number of amides is 1. The number of nitrogens with one attached hydrogen (secondary N) is 2. The first-order valence-electron chi connectivity index (χ1n) is 7.87. The molecule has 1 amide bonds. The number of rotatable bonds is 8. The van der Waals surface area contributed by atoms with Gasteiger partial charge in [0.2, 0.25) is 5.91 Å². The van der Waals surface area contributed by atoms with E-state index in [0.717, 1.165) is 17.7 Å². The molecule has 1 aromatic rings. The highest BCUT2D eigenvalue weighted by Crippen LogP contribution is 2.19. The van der Waals surface area contributed by atoms with E-state index in [1.165, 1.54) is 5.56 Å². The Bertz CT molecular complexity index is 493. The van der Waals surface area contributed by atoms with Crippen LogP contribution in [0.15, 0.2) is 18.2 Å². The zero-order valence-electron chi connectivity index (χ0n) is 14.0. The summed E-state index contributed by atoms with van der Waals surface area (Å²) in [5.74, 6) is 0.824. The molecule has 0 aliphatic carbocycles. The molecule has 22 heavy (non-hydrogen) atoms. The highest BCUT2D eigenvalue weighted by Gasteiger charge is 2.24. The summed E-state index contributed by atoms with van der Waals surface area (Å²) in [5, 5.41) is 6.34. The number of hydrogen-bond acceptors (Lipinski definition) is 4. The van der Waals surface area contributed by atoms with Crippen LogP contribution in [-0.4, -0.2) is 30.3 Å². The molecule has 0 radical (unpaired) electrons. The summed E-state index contributed by atoms with van der Waals surface area (Å²) in [4.78, 5) is 12.6. The summed E-state index contributed by atoms with van der Waals surface area (Å²) < 4.78 is 0. The third-order valence-corrected chi connectivity index (χ3v) is 4.66. The SMILES string of the molecule is CCC(C)[C@H](NC[C@@H](N)CS)C(=O)Nc1cccc(C)c1C. The van der Waals surface area contributed by atoms with Crippen LogP contribution in [0.25, 0.3) is 0 Å². The molecule has 4 N–H and O–H groups in total. The van der Waals surface area contributed by atoms with Gasteiger partial charge in [-0.3, -0.25) is 4.79 Å². The third-order valence-electron chi connectivity index (χ3n) is 4.19. The first kappa shape index (κ1) is 19.0. The zero-order valence-corrected chi connectivity index (χ0v) is 14.9. The Morgan fingerprint density at radius 2 is 2.05 bits per heavy atom. The van der Waals surface area contributed by atoms with Crippen molar-refractivity contribution in [2.75, 3.05) is 17.6 Å². The van der Waals surface area contributed by atoms with Crippen LogP contribution in [0.5, 0.6) is 0 Å². The largest absolute Gasteiger partial charge is 0.326 e. The van der Waals surface area contributed by atoms with E-state index in [1.807, 2.05) is 32.0 Å². The van der Waals surface area contributed by atoms with Gasteiger partial charge in [0, 0.05) is 24.0 Å². The predicted molar refractivity (Wildman–Crippen MR) is 97.6 cm³/mol. The topological polar surface area (TPSA) is 67.1 Å². The molecule has 0 aliphatic heterocycles. The zero-order chi connectivity index (χ0) is 16.7. The standard InChI is InChI=1S/C17H29N3OS/c1-5-11(2)16(19-9-14(18)10-22)17(21)20-15-8-6-7-12(3)13(15)4/h6-8,11,14,16,19,22H,5,9-10,18H2,1-4H3,(H,20,21)/t11?,14-,16+/m1/s1. The Labute approximate surface area is 139 Å². The smallest absolute Gasteiger partial charge is 0.241 e. The molecule has 4 nitrogen and oxygen atoms in total. The number of aryl methyl sites for hydroxylation is 1. The molecule has 0 fully saturated rings. The van der Waals surface area contributed by atoms with Crippen LogP contribution in [0.2, 0.25) is 0 Å². The van der Waals surface area contributed by atoms with Crippen LogP contribution in [0.3, 0.4) is 0 Å². The van der Waals surface area contributed by atoms with Gasteiger partial charge in [-0.05, 0) is 37.0 Å². The lowest BCUT2D eigenvalue weighted by molar-refractivity contribution is -0.119. The Balaban J connectivity index is 2.81. The highest BCUT2D eigenvalue weighted by molar-refractivity contribution is 7.80. The van der Waals surface area contributed by atoms with Crippen molar-refractivity contribution < 1.29 is 4.79 Å². The average molecular weight is 324 g/mol. The van der Waals surface area contributed by atoms with Gasteiger partial charge < -0.3 is 16.4 Å². The van der Waals surface area contributed by atoms with Crippen LogP contribution < -0.4 is 16.4 Å². The van der Waals surface area contributed by atoms with Crippen LogP contribution in [0.4, 0.5) is 5.69 Å². The maximum absolute atomic E-state index is 12.6. The van der Waals surface area contributed by atoms with Gasteiger partial charge in [0.15, 0.2) is 0 Å². The molecular weight excluding hydrogens is 294 g/mol. The molecule has 5 heteroatoms. The van der Waals surface area contributed by atoms with Gasteiger partial charge in [0.1, 0.15) is 0 Å². The predicted octanol–water partition coefficient (Wildman–Crippen LogP) is 2.50. The summed E-state index contributed by atoms with van der Waals surface area (Å²) in [6, 6.07) is 5.63. The summed E-state index contributed by atoms with van der Waals surface area (Å²) in [6.07, 6.45) is 0.925. The Morgan fingerprint density at radius 3 is 2.64 bits per heavy atom. The normalized spacial score (nSPS) is 15.2. The number of carbonyl (C=O) groups is 1. The van der Waals surface area contributed by atoms with Crippen molar-refractivity contribution in [2.45, 2.75) is 46.2 Å². The third kappa shape index (κ3) is 5.30. The summed E-state index contributed by atoms with van der Waals surface area (Å²) in [7, 11) is 0. The number of nitrogens with two attached hydrogens (primary N) is 1. The number of carbonyl (C=O) groups excluding carboxylic acids is 1. The minimum Gasteiger partial charge on any atom is -0.326 e. The number of benzene rings is 1. The first-order valence-corrected chi connectivity index (χ1v) is 8.50. The van der Waals surface area contributed by atoms with Gasteiger partial charge in [0.05, 0.1) is 6.04 Å². The summed E-state index contributed by atoms with van der Waals surface area (Å²) in [5.41, 5.74) is 9.03. The fraction of sp³-hybridized carbons (Fsp3) is 0.588. The number of thiol groups is 1. The molecule has 0 aliphatic rings. The lowest BCUT2D eigenvalue weighted by Crippen LogP contribution is -2.49. The van der Waals surface area contributed by atoms with E-state index < -0.39 is 0 Å². The van der Waals surface area contributed by atoms with Crippen LogP contribution in [0, 0.1) is 19.8 Å². The second-order valence-electron chi connectivity index (χ2n) is 5.95. The minimum atomic E-state index is -0.254. The van der Waals surface area contributed by atoms with E-state index in [1.54, 1.807) is 0 Å². The molecule has 1 aromatic carbocycles. The molecular formula is C17H29N3OS. The van der Waals surface area contributed by atoms with Crippen molar-refractivity contribution in [3.05, 3.63) is 29.3 Å². The van der Waals surface area contributed by atoms with Gasteiger partial charge in [0.25, 0.3) is 0 Å². The number of anilines is 1. The molecule has 1 rings (SSSR count). The lowest BCUT2D eigenvalue weighted by Gasteiger charge is -2.25. The molecule has 0 saturated heterocycles. The van der Waals surface area contributed by atoms with Crippen molar-refractivity contribution in [2.24, 2.45) is 11.7 Å². The molecule has 0 saturated carbocycles. The summed E-state index contributed by atoms with van der Waals surface area (Å²) in [6.45, 7) is 8.81. The quantitative estimate of drug-likeness (QED) is 0.556. The first-order chi connectivity index (χ1) is 10.4. The van der Waals surface area contributed by atoms with Crippen LogP contribution in [0.1, 0.15) is 31.4 Å². The van der Waals surface area contributed by atoms with Gasteiger partial charge in [-0.2, -0.15) is 12.6 Å². The molecule has 3 atom stereocenters. The lowest BCUT2D eigenvalue weighted by atomic mass is 9.97. The molecule has 0 spiro atoms. The Morgan fingerprint density at radius 1 is 1.36 bits per heavy atom. The van der Waals surface area contributed by atoms with Crippen LogP contribution >= 0.6 is 12.6 Å². The molecule has 0 heterocycles. The molecule has 124 valence electrons. The number of hydrogen-bond donors (Lipinski definition) is 4. The Hall–Kier alpha value is -1.04. The van der Waals surface area contributed by atoms with E-state index in [9.17, 15) is 4.79 Å². The van der Waals surface area contributed by atoms with Crippen molar-refractivity contribution in [1.29, 1.82) is 0 Å². The van der Waals surface area contributed by atoms with Crippen molar-refractivity contribution >= 4 is 24.2 Å². The average Bonchev–Trinajstić information content (AvgIpc) is 2.51. The highest BCUT2D eigenvalue weighted by atomic mass is 32.1. The van der Waals surface area contributed by atoms with Crippen molar-refractivity contribution in [3.8, 4) is 0 Å². The fourth-order valence-electron chi connectivity index (χ4n) is 2.23. The summed E-state index contributed by atoms with van der Waals surface area (Å²) >= 11 is 4.18. The van der Waals surface area contributed by atoms with E-state index in [0.29, 0.717) is 12.3 Å². The van der Waals surface area contributed by atoms with Gasteiger partial charge in [-0.25, -0.2) is 0 Å². The van der Waals surface area contributed by atoms with Gasteiger partial charge in [-0.15, -0.1) is 0 Å². The molecule has 0 bridgehead atoms. The van der Waals surface area contributed by atoms with E-state index >= 15 is 0 Å². The van der Waals surface area contributed by atoms with E-state index in [-0.39, 0.29) is 23.9 Å². The maximum Gasteiger partial charge on any atom is 0.241 e. The van der Waals surface area contributed by atoms with Crippen LogP contribution in [-0.2, 0) is 4.79 Å². The Kier molecular flexibility index (Phi) is 7.93. The maximum atomic E-state index is 12.6. The van der Waals surface area contributed by atoms with E-state index in [4.69, 9.17) is 5.73 Å².